The van der Waals surface area contributed by atoms with Gasteiger partial charge < -0.3 is 31.1 Å². The second-order valence-electron chi connectivity index (χ2n) is 9.89. The summed E-state index contributed by atoms with van der Waals surface area (Å²) < 4.78 is 0. The van der Waals surface area contributed by atoms with E-state index in [0.29, 0.717) is 50.8 Å². The van der Waals surface area contributed by atoms with Gasteiger partial charge in [0, 0.05) is 19.5 Å². The molecular formula is C25H36N4O6. The summed E-state index contributed by atoms with van der Waals surface area (Å²) in [5.74, 6) is -1.91. The molecule has 2 heterocycles. The van der Waals surface area contributed by atoms with Crippen molar-refractivity contribution in [2.24, 2.45) is 11.7 Å². The van der Waals surface area contributed by atoms with E-state index in [1.54, 1.807) is 17.0 Å². The van der Waals surface area contributed by atoms with E-state index >= 15 is 0 Å². The van der Waals surface area contributed by atoms with E-state index in [9.17, 15) is 29.4 Å². The van der Waals surface area contributed by atoms with Crippen LogP contribution in [0.5, 0.6) is 5.75 Å². The highest BCUT2D eigenvalue weighted by atomic mass is 16.4. The van der Waals surface area contributed by atoms with Gasteiger partial charge in [0.15, 0.2) is 0 Å². The summed E-state index contributed by atoms with van der Waals surface area (Å²) in [6, 6.07) is 2.81. The van der Waals surface area contributed by atoms with Gasteiger partial charge in [-0.2, -0.15) is 0 Å². The zero-order valence-electron chi connectivity index (χ0n) is 20.4. The van der Waals surface area contributed by atoms with Crippen LogP contribution in [0.25, 0.3) is 0 Å². The van der Waals surface area contributed by atoms with Crippen LogP contribution in [0, 0.1) is 5.92 Å². The fourth-order valence-electron chi connectivity index (χ4n) is 4.94. The van der Waals surface area contributed by atoms with Crippen LogP contribution in [0.2, 0.25) is 0 Å². The maximum Gasteiger partial charge on any atom is 0.326 e. The van der Waals surface area contributed by atoms with Gasteiger partial charge in [-0.05, 0) is 55.7 Å². The van der Waals surface area contributed by atoms with E-state index in [-0.39, 0.29) is 29.9 Å². The molecule has 0 aliphatic carbocycles. The average Bonchev–Trinajstić information content (AvgIpc) is 3.48. The molecule has 0 radical (unpaired) electrons. The Morgan fingerprint density at radius 1 is 1.03 bits per heavy atom. The molecule has 3 rings (SSSR count). The number of benzene rings is 1. The van der Waals surface area contributed by atoms with Gasteiger partial charge in [-0.25, -0.2) is 4.79 Å². The molecule has 4 atom stereocenters. The second kappa shape index (κ2) is 11.5. The SMILES string of the molecule is CC(C)CC(N)C(=O)N1CCCC1C(=O)N1CCCC1C(=O)NC(Cc1ccc(O)cc1)C(=O)O. The fourth-order valence-corrected chi connectivity index (χ4v) is 4.94. The van der Waals surface area contributed by atoms with Crippen molar-refractivity contribution in [3.8, 4) is 5.75 Å². The Kier molecular flexibility index (Phi) is 8.71. The molecular weight excluding hydrogens is 452 g/mol. The molecule has 3 amide bonds. The first-order chi connectivity index (χ1) is 16.6. The second-order valence-corrected chi connectivity index (χ2v) is 9.89. The number of rotatable bonds is 9. The number of carbonyl (C=O) groups is 4. The van der Waals surface area contributed by atoms with E-state index in [2.05, 4.69) is 5.32 Å². The molecule has 1 aromatic rings. The van der Waals surface area contributed by atoms with Gasteiger partial charge in [0.05, 0.1) is 6.04 Å². The monoisotopic (exact) mass is 488 g/mol. The molecule has 2 saturated heterocycles. The Balaban J connectivity index is 1.67. The predicted octanol–water partition coefficient (Wildman–Crippen LogP) is 0.860. The van der Waals surface area contributed by atoms with Crippen molar-refractivity contribution < 1.29 is 29.4 Å². The lowest BCUT2D eigenvalue weighted by molar-refractivity contribution is -0.148. The highest BCUT2D eigenvalue weighted by Crippen LogP contribution is 2.26. The minimum atomic E-state index is -1.19. The third-order valence-corrected chi connectivity index (χ3v) is 6.69. The zero-order chi connectivity index (χ0) is 25.7. The van der Waals surface area contributed by atoms with Crippen molar-refractivity contribution in [2.75, 3.05) is 13.1 Å². The number of carboxylic acid groups (broad SMARTS) is 1. The number of nitrogens with one attached hydrogen (secondary N) is 1. The summed E-state index contributed by atoms with van der Waals surface area (Å²) in [7, 11) is 0. The van der Waals surface area contributed by atoms with Crippen molar-refractivity contribution in [3.05, 3.63) is 29.8 Å². The Morgan fingerprint density at radius 2 is 1.63 bits per heavy atom. The van der Waals surface area contributed by atoms with Crippen molar-refractivity contribution in [1.82, 2.24) is 15.1 Å². The number of amides is 3. The van der Waals surface area contributed by atoms with Gasteiger partial charge in [-0.3, -0.25) is 14.4 Å². The lowest BCUT2D eigenvalue weighted by Crippen LogP contribution is -2.56. The maximum atomic E-state index is 13.4. The van der Waals surface area contributed by atoms with Crippen molar-refractivity contribution in [1.29, 1.82) is 0 Å². The molecule has 0 spiro atoms. The van der Waals surface area contributed by atoms with Crippen LogP contribution in [0.15, 0.2) is 24.3 Å². The number of hydrogen-bond acceptors (Lipinski definition) is 6. The number of phenolic OH excluding ortho intramolecular Hbond substituents is 1. The summed E-state index contributed by atoms with van der Waals surface area (Å²) in [5, 5.41) is 21.6. The summed E-state index contributed by atoms with van der Waals surface area (Å²) in [6.07, 6.45) is 2.82. The van der Waals surface area contributed by atoms with Crippen LogP contribution in [0.3, 0.4) is 0 Å². The molecule has 4 unspecified atom stereocenters. The van der Waals surface area contributed by atoms with Gasteiger partial charge >= 0.3 is 5.97 Å². The first-order valence-corrected chi connectivity index (χ1v) is 12.3. The summed E-state index contributed by atoms with van der Waals surface area (Å²) >= 11 is 0. The first-order valence-electron chi connectivity index (χ1n) is 12.3. The topological polar surface area (TPSA) is 153 Å². The number of likely N-dealkylation sites (tertiary alicyclic amines) is 2. The van der Waals surface area contributed by atoms with Crippen LogP contribution in [-0.2, 0) is 25.6 Å². The molecule has 35 heavy (non-hydrogen) atoms. The number of aromatic hydroxyl groups is 1. The van der Waals surface area contributed by atoms with Crippen LogP contribution in [0.4, 0.5) is 0 Å². The number of carboxylic acids is 1. The summed E-state index contributed by atoms with van der Waals surface area (Å²) in [4.78, 5) is 54.3. The highest BCUT2D eigenvalue weighted by Gasteiger charge is 2.43. The quantitative estimate of drug-likeness (QED) is 0.402. The number of hydrogen-bond donors (Lipinski definition) is 4. The Bertz CT molecular complexity index is 934. The molecule has 2 fully saturated rings. The van der Waals surface area contributed by atoms with Gasteiger partial charge in [0.1, 0.15) is 23.9 Å². The standard InChI is InChI=1S/C25H36N4O6/c1-15(2)13-18(26)23(32)29-12-4-6-21(29)24(33)28-11-3-5-20(28)22(31)27-19(25(34)35)14-16-7-9-17(30)10-8-16/h7-10,15,18-21,30H,3-6,11-14,26H2,1-2H3,(H,27,31)(H,34,35). The molecule has 10 heteroatoms. The average molecular weight is 489 g/mol. The molecule has 0 saturated carbocycles. The lowest BCUT2D eigenvalue weighted by Gasteiger charge is -2.32. The largest absolute Gasteiger partial charge is 0.508 e. The van der Waals surface area contributed by atoms with Crippen LogP contribution < -0.4 is 11.1 Å². The summed E-state index contributed by atoms with van der Waals surface area (Å²) in [6.45, 7) is 4.81. The number of carbonyl (C=O) groups excluding carboxylic acids is 3. The smallest absolute Gasteiger partial charge is 0.326 e. The lowest BCUT2D eigenvalue weighted by atomic mass is 10.0. The van der Waals surface area contributed by atoms with Gasteiger partial charge in [-0.15, -0.1) is 0 Å². The van der Waals surface area contributed by atoms with E-state index < -0.39 is 36.0 Å². The van der Waals surface area contributed by atoms with Gasteiger partial charge in [-0.1, -0.05) is 26.0 Å². The highest BCUT2D eigenvalue weighted by molar-refractivity contribution is 5.94. The van der Waals surface area contributed by atoms with Crippen molar-refractivity contribution in [3.63, 3.8) is 0 Å². The first kappa shape index (κ1) is 26.5. The zero-order valence-corrected chi connectivity index (χ0v) is 20.4. The Labute approximate surface area is 205 Å². The predicted molar refractivity (Wildman–Crippen MR) is 128 cm³/mol. The fraction of sp³-hybridized carbons (Fsp3) is 0.600. The molecule has 192 valence electrons. The molecule has 10 nitrogen and oxygen atoms in total. The Morgan fingerprint density at radius 3 is 2.23 bits per heavy atom. The van der Waals surface area contributed by atoms with E-state index in [1.165, 1.54) is 17.0 Å². The minimum Gasteiger partial charge on any atom is -0.508 e. The maximum absolute atomic E-state index is 13.4. The third kappa shape index (κ3) is 6.50. The van der Waals surface area contributed by atoms with E-state index in [4.69, 9.17) is 5.73 Å². The van der Waals surface area contributed by atoms with Crippen molar-refractivity contribution >= 4 is 23.7 Å². The number of nitrogens with zero attached hydrogens (tertiary/aromatic N) is 2. The number of phenols is 1. The van der Waals surface area contributed by atoms with E-state index in [0.717, 1.165) is 0 Å². The van der Waals surface area contributed by atoms with Gasteiger partial charge in [0.2, 0.25) is 17.7 Å². The van der Waals surface area contributed by atoms with Crippen molar-refractivity contribution in [2.45, 2.75) is 76.5 Å². The third-order valence-electron chi connectivity index (χ3n) is 6.69. The number of nitrogens with two attached hydrogens (primary N) is 1. The Hall–Kier alpha value is -3.14. The molecule has 0 aromatic heterocycles. The van der Waals surface area contributed by atoms with Gasteiger partial charge in [0.25, 0.3) is 0 Å². The van der Waals surface area contributed by atoms with Crippen LogP contribution in [-0.4, -0.2) is 81.0 Å². The van der Waals surface area contributed by atoms with E-state index in [1.807, 2.05) is 13.8 Å². The molecule has 1 aromatic carbocycles. The van der Waals surface area contributed by atoms with Crippen LogP contribution in [0.1, 0.15) is 51.5 Å². The molecule has 2 aliphatic heterocycles. The normalized spacial score (nSPS) is 21.7. The molecule has 0 bridgehead atoms. The molecule has 2 aliphatic rings. The number of aliphatic carboxylic acids is 1. The minimum absolute atomic E-state index is 0.0423. The molecule has 5 N–H and O–H groups in total. The van der Waals surface area contributed by atoms with Crippen LogP contribution >= 0.6 is 0 Å². The summed E-state index contributed by atoms with van der Waals surface area (Å²) in [5.41, 5.74) is 6.74.